The molecule has 2 aliphatic rings. The van der Waals surface area contributed by atoms with Crippen molar-refractivity contribution >= 4 is 11.8 Å². The molecular weight excluding hydrogens is 232 g/mol. The van der Waals surface area contributed by atoms with Gasteiger partial charge in [0.15, 0.2) is 0 Å². The molecule has 100 valence electrons. The van der Waals surface area contributed by atoms with Gasteiger partial charge in [-0.05, 0) is 32.4 Å². The van der Waals surface area contributed by atoms with Crippen LogP contribution in [0.4, 0.5) is 0 Å². The van der Waals surface area contributed by atoms with Crippen LogP contribution in [-0.4, -0.2) is 49.4 Å². The standard InChI is InChI=1S/C13H26N2OS/c1-11(8-12-9-16-7-6-14-12)15-10-13(17-2)4-3-5-13/h11-12,14-15H,3-10H2,1-2H3. The smallest absolute Gasteiger partial charge is 0.0620 e. The summed E-state index contributed by atoms with van der Waals surface area (Å²) in [5.41, 5.74) is 0. The fraction of sp³-hybridized carbons (Fsp3) is 1.00. The Kier molecular flexibility index (Phi) is 5.15. The molecule has 1 heterocycles. The third-order valence-corrected chi connectivity index (χ3v) is 5.53. The molecule has 0 bridgehead atoms. The Morgan fingerprint density at radius 1 is 1.53 bits per heavy atom. The number of thioether (sulfide) groups is 1. The summed E-state index contributed by atoms with van der Waals surface area (Å²) in [5, 5.41) is 7.23. The van der Waals surface area contributed by atoms with Crippen LogP contribution < -0.4 is 10.6 Å². The lowest BCUT2D eigenvalue weighted by Crippen LogP contribution is -2.49. The highest BCUT2D eigenvalue weighted by Crippen LogP contribution is 2.42. The van der Waals surface area contributed by atoms with Crippen molar-refractivity contribution in [1.82, 2.24) is 10.6 Å². The Hall–Kier alpha value is 0.230. The van der Waals surface area contributed by atoms with Crippen molar-refractivity contribution in [2.75, 3.05) is 32.6 Å². The topological polar surface area (TPSA) is 33.3 Å². The summed E-state index contributed by atoms with van der Waals surface area (Å²) in [4.78, 5) is 0. The fourth-order valence-electron chi connectivity index (χ4n) is 2.67. The predicted octanol–water partition coefficient (Wildman–Crippen LogP) is 1.63. The average Bonchev–Trinajstić information content (AvgIpc) is 2.29. The van der Waals surface area contributed by atoms with Crippen molar-refractivity contribution < 1.29 is 4.74 Å². The van der Waals surface area contributed by atoms with Crippen molar-refractivity contribution in [2.24, 2.45) is 0 Å². The molecule has 1 saturated heterocycles. The minimum atomic E-state index is 0.540. The zero-order valence-corrected chi connectivity index (χ0v) is 11.9. The molecule has 4 heteroatoms. The van der Waals surface area contributed by atoms with E-state index in [2.05, 4.69) is 23.8 Å². The van der Waals surface area contributed by atoms with Crippen LogP contribution in [0, 0.1) is 0 Å². The van der Waals surface area contributed by atoms with Crippen molar-refractivity contribution in [1.29, 1.82) is 0 Å². The van der Waals surface area contributed by atoms with Crippen molar-refractivity contribution in [3.8, 4) is 0 Å². The molecule has 2 fully saturated rings. The first-order valence-corrected chi connectivity index (χ1v) is 8.06. The molecule has 0 aromatic carbocycles. The van der Waals surface area contributed by atoms with Gasteiger partial charge in [0.2, 0.25) is 0 Å². The van der Waals surface area contributed by atoms with Gasteiger partial charge in [0.25, 0.3) is 0 Å². The molecule has 2 atom stereocenters. The summed E-state index contributed by atoms with van der Waals surface area (Å²) >= 11 is 2.04. The maximum absolute atomic E-state index is 5.49. The molecule has 17 heavy (non-hydrogen) atoms. The summed E-state index contributed by atoms with van der Waals surface area (Å²) in [7, 11) is 0. The Balaban J connectivity index is 1.64. The maximum Gasteiger partial charge on any atom is 0.0620 e. The SMILES string of the molecule is CSC1(CNC(C)CC2COCCN2)CCC1. The van der Waals surface area contributed by atoms with Gasteiger partial charge >= 0.3 is 0 Å². The van der Waals surface area contributed by atoms with E-state index in [0.29, 0.717) is 16.8 Å². The Morgan fingerprint density at radius 2 is 2.35 bits per heavy atom. The van der Waals surface area contributed by atoms with E-state index in [1.54, 1.807) is 0 Å². The Morgan fingerprint density at radius 3 is 2.88 bits per heavy atom. The van der Waals surface area contributed by atoms with Crippen LogP contribution in [0.3, 0.4) is 0 Å². The third kappa shape index (κ3) is 3.85. The molecule has 2 unspecified atom stereocenters. The van der Waals surface area contributed by atoms with Crippen LogP contribution in [0.15, 0.2) is 0 Å². The van der Waals surface area contributed by atoms with Crippen LogP contribution in [-0.2, 0) is 4.74 Å². The van der Waals surface area contributed by atoms with E-state index in [0.717, 1.165) is 19.8 Å². The first-order valence-electron chi connectivity index (χ1n) is 6.84. The molecule has 0 aromatic heterocycles. The van der Waals surface area contributed by atoms with Crippen LogP contribution in [0.1, 0.15) is 32.6 Å². The van der Waals surface area contributed by atoms with Gasteiger partial charge in [-0.2, -0.15) is 11.8 Å². The van der Waals surface area contributed by atoms with E-state index in [9.17, 15) is 0 Å². The van der Waals surface area contributed by atoms with E-state index in [1.165, 1.54) is 32.2 Å². The van der Waals surface area contributed by atoms with E-state index in [4.69, 9.17) is 4.74 Å². The van der Waals surface area contributed by atoms with Gasteiger partial charge in [-0.1, -0.05) is 6.42 Å². The lowest BCUT2D eigenvalue weighted by Gasteiger charge is -2.41. The Bertz CT molecular complexity index is 222. The summed E-state index contributed by atoms with van der Waals surface area (Å²) in [5.74, 6) is 0. The first kappa shape index (κ1) is 13.7. The van der Waals surface area contributed by atoms with Gasteiger partial charge in [0.05, 0.1) is 13.2 Å². The minimum absolute atomic E-state index is 0.540. The number of morpholine rings is 1. The molecular formula is C13H26N2OS. The molecule has 0 aromatic rings. The number of hydrogen-bond donors (Lipinski definition) is 2. The zero-order chi connectivity index (χ0) is 12.1. The van der Waals surface area contributed by atoms with Crippen molar-refractivity contribution in [3.63, 3.8) is 0 Å². The lowest BCUT2D eigenvalue weighted by atomic mass is 9.84. The second-order valence-corrected chi connectivity index (χ2v) is 6.76. The van der Waals surface area contributed by atoms with Gasteiger partial charge < -0.3 is 15.4 Å². The van der Waals surface area contributed by atoms with Crippen molar-refractivity contribution in [3.05, 3.63) is 0 Å². The highest BCUT2D eigenvalue weighted by molar-refractivity contribution is 8.00. The molecule has 0 spiro atoms. The Labute approximate surface area is 109 Å². The number of hydrogen-bond acceptors (Lipinski definition) is 4. The van der Waals surface area contributed by atoms with E-state index in [-0.39, 0.29) is 0 Å². The molecule has 0 radical (unpaired) electrons. The fourth-order valence-corrected chi connectivity index (χ4v) is 3.59. The molecule has 1 aliphatic heterocycles. The van der Waals surface area contributed by atoms with Gasteiger partial charge in [-0.3, -0.25) is 0 Å². The van der Waals surface area contributed by atoms with Gasteiger partial charge in [-0.15, -0.1) is 0 Å². The largest absolute Gasteiger partial charge is 0.379 e. The summed E-state index contributed by atoms with van der Waals surface area (Å²) in [6, 6.07) is 1.12. The second kappa shape index (κ2) is 6.41. The normalized spacial score (nSPS) is 29.6. The third-order valence-electron chi connectivity index (χ3n) is 4.11. The van der Waals surface area contributed by atoms with Crippen LogP contribution in [0.2, 0.25) is 0 Å². The van der Waals surface area contributed by atoms with Gasteiger partial charge in [0, 0.05) is 29.9 Å². The van der Waals surface area contributed by atoms with Crippen LogP contribution in [0.25, 0.3) is 0 Å². The number of nitrogens with one attached hydrogen (secondary N) is 2. The monoisotopic (exact) mass is 258 g/mol. The highest BCUT2D eigenvalue weighted by atomic mass is 32.2. The molecule has 3 nitrogen and oxygen atoms in total. The summed E-state index contributed by atoms with van der Waals surface area (Å²) in [6.45, 7) is 6.21. The van der Waals surface area contributed by atoms with Crippen LogP contribution >= 0.6 is 11.8 Å². The summed E-state index contributed by atoms with van der Waals surface area (Å²) in [6.07, 6.45) is 7.61. The first-order chi connectivity index (χ1) is 8.24. The average molecular weight is 258 g/mol. The molecule has 1 saturated carbocycles. The van der Waals surface area contributed by atoms with Gasteiger partial charge in [-0.25, -0.2) is 0 Å². The number of ether oxygens (including phenoxy) is 1. The van der Waals surface area contributed by atoms with Crippen LogP contribution in [0.5, 0.6) is 0 Å². The zero-order valence-electron chi connectivity index (χ0n) is 11.1. The highest BCUT2D eigenvalue weighted by Gasteiger charge is 2.36. The molecule has 2 N–H and O–H groups in total. The summed E-state index contributed by atoms with van der Waals surface area (Å²) < 4.78 is 6.03. The quantitative estimate of drug-likeness (QED) is 0.759. The molecule has 0 amide bonds. The van der Waals surface area contributed by atoms with E-state index < -0.39 is 0 Å². The number of rotatable bonds is 6. The van der Waals surface area contributed by atoms with Gasteiger partial charge in [0.1, 0.15) is 0 Å². The maximum atomic E-state index is 5.49. The predicted molar refractivity (Wildman–Crippen MR) is 74.8 cm³/mol. The second-order valence-electron chi connectivity index (χ2n) is 5.48. The molecule has 2 rings (SSSR count). The van der Waals surface area contributed by atoms with E-state index in [1.807, 2.05) is 11.8 Å². The van der Waals surface area contributed by atoms with E-state index >= 15 is 0 Å². The van der Waals surface area contributed by atoms with Crippen molar-refractivity contribution in [2.45, 2.75) is 49.4 Å². The minimum Gasteiger partial charge on any atom is -0.379 e. The lowest BCUT2D eigenvalue weighted by molar-refractivity contribution is 0.0710. The molecule has 1 aliphatic carbocycles.